The molecule has 7 nitrogen and oxygen atoms in total. The van der Waals surface area contributed by atoms with E-state index in [1.54, 1.807) is 13.0 Å². The summed E-state index contributed by atoms with van der Waals surface area (Å²) in [4.78, 5) is 4.16. The molecule has 2 aromatic heterocycles. The summed E-state index contributed by atoms with van der Waals surface area (Å²) in [6, 6.07) is 3.17. The normalized spacial score (nSPS) is 11.6. The number of hydrogen-bond acceptors (Lipinski definition) is 6. The van der Waals surface area contributed by atoms with Gasteiger partial charge in [-0.2, -0.15) is 0 Å². The van der Waals surface area contributed by atoms with Gasteiger partial charge >= 0.3 is 0 Å². The molecular formula is C12H15BrN4O3S. The first-order chi connectivity index (χ1) is 9.92. The van der Waals surface area contributed by atoms with Gasteiger partial charge in [0.25, 0.3) is 0 Å². The van der Waals surface area contributed by atoms with Crippen LogP contribution in [0.1, 0.15) is 18.4 Å². The third kappa shape index (κ3) is 4.02. The van der Waals surface area contributed by atoms with Gasteiger partial charge in [-0.25, -0.2) is 18.1 Å². The highest BCUT2D eigenvalue weighted by atomic mass is 79.9. The Bertz CT molecular complexity index is 730. The molecule has 114 valence electrons. The monoisotopic (exact) mass is 374 g/mol. The van der Waals surface area contributed by atoms with Gasteiger partial charge < -0.3 is 9.84 Å². The van der Waals surface area contributed by atoms with Gasteiger partial charge in [0.1, 0.15) is 16.5 Å². The van der Waals surface area contributed by atoms with Crippen LogP contribution in [0.15, 0.2) is 32.2 Å². The summed E-state index contributed by atoms with van der Waals surface area (Å²) in [6.07, 6.45) is 1.54. The van der Waals surface area contributed by atoms with Crippen LogP contribution in [0.5, 0.6) is 0 Å². The van der Waals surface area contributed by atoms with Crippen molar-refractivity contribution >= 4 is 31.8 Å². The van der Waals surface area contributed by atoms with E-state index in [0.717, 1.165) is 0 Å². The molecule has 0 bridgehead atoms. The molecule has 0 amide bonds. The number of aryl methyl sites for hydroxylation is 1. The van der Waals surface area contributed by atoms with Crippen molar-refractivity contribution in [2.45, 2.75) is 25.3 Å². The van der Waals surface area contributed by atoms with Crippen LogP contribution in [0.3, 0.4) is 0 Å². The lowest BCUT2D eigenvalue weighted by Gasteiger charge is -2.11. The largest absolute Gasteiger partial charge is 0.369 e. The third-order valence-corrected chi connectivity index (χ3v) is 4.42. The van der Waals surface area contributed by atoms with E-state index in [1.165, 1.54) is 12.3 Å². The van der Waals surface area contributed by atoms with Crippen LogP contribution >= 0.6 is 15.9 Å². The zero-order chi connectivity index (χ0) is 15.5. The average Bonchev–Trinajstić information content (AvgIpc) is 2.85. The number of anilines is 1. The third-order valence-electron chi connectivity index (χ3n) is 2.57. The Balaban J connectivity index is 2.24. The quantitative estimate of drug-likeness (QED) is 0.802. The Morgan fingerprint density at radius 3 is 2.76 bits per heavy atom. The first-order valence-electron chi connectivity index (χ1n) is 6.23. The number of nitrogens with one attached hydrogen (secondary N) is 2. The molecule has 0 aliphatic heterocycles. The van der Waals surface area contributed by atoms with E-state index in [9.17, 15) is 8.42 Å². The maximum Gasteiger partial charge on any atom is 0.244 e. The Morgan fingerprint density at radius 1 is 1.38 bits per heavy atom. The Hall–Kier alpha value is -1.45. The lowest BCUT2D eigenvalue weighted by Crippen LogP contribution is -2.25. The SMILES string of the molecule is CCNc1ncc(Br)cc1S(=O)(=O)NCc1cc(C)on1. The molecule has 0 radical (unpaired) electrons. The molecule has 2 aromatic rings. The molecule has 0 unspecified atom stereocenters. The van der Waals surface area contributed by atoms with Crippen molar-refractivity contribution in [1.29, 1.82) is 0 Å². The van der Waals surface area contributed by atoms with E-state index >= 15 is 0 Å². The lowest BCUT2D eigenvalue weighted by atomic mass is 10.4. The van der Waals surface area contributed by atoms with E-state index in [4.69, 9.17) is 4.52 Å². The number of pyridine rings is 1. The highest BCUT2D eigenvalue weighted by molar-refractivity contribution is 9.10. The van der Waals surface area contributed by atoms with Crippen LogP contribution in [0.4, 0.5) is 5.82 Å². The molecule has 2 heterocycles. The molecule has 2 N–H and O–H groups in total. The van der Waals surface area contributed by atoms with Crippen molar-refractivity contribution < 1.29 is 12.9 Å². The van der Waals surface area contributed by atoms with Crippen LogP contribution in [-0.4, -0.2) is 25.1 Å². The number of sulfonamides is 1. The minimum atomic E-state index is -3.71. The van der Waals surface area contributed by atoms with Crippen LogP contribution < -0.4 is 10.0 Å². The fraction of sp³-hybridized carbons (Fsp3) is 0.333. The Morgan fingerprint density at radius 2 is 2.14 bits per heavy atom. The number of hydrogen-bond donors (Lipinski definition) is 2. The average molecular weight is 375 g/mol. The van der Waals surface area contributed by atoms with Gasteiger partial charge in [-0.1, -0.05) is 5.16 Å². The van der Waals surface area contributed by atoms with Crippen molar-refractivity contribution in [3.8, 4) is 0 Å². The summed E-state index contributed by atoms with van der Waals surface area (Å²) in [5.41, 5.74) is 0.518. The highest BCUT2D eigenvalue weighted by Crippen LogP contribution is 2.22. The number of aromatic nitrogens is 2. The second kappa shape index (κ2) is 6.54. The van der Waals surface area contributed by atoms with E-state index in [-0.39, 0.29) is 11.4 Å². The maximum atomic E-state index is 12.4. The molecule has 0 spiro atoms. The summed E-state index contributed by atoms with van der Waals surface area (Å²) in [5, 5.41) is 6.67. The molecule has 0 saturated carbocycles. The van der Waals surface area contributed by atoms with E-state index < -0.39 is 10.0 Å². The molecule has 21 heavy (non-hydrogen) atoms. The highest BCUT2D eigenvalue weighted by Gasteiger charge is 2.20. The summed E-state index contributed by atoms with van der Waals surface area (Å²) >= 11 is 3.23. The fourth-order valence-corrected chi connectivity index (χ4v) is 3.31. The molecule has 0 fully saturated rings. The molecule has 0 aliphatic carbocycles. The zero-order valence-corrected chi connectivity index (χ0v) is 14.0. The standard InChI is InChI=1S/C12H15BrN4O3S/c1-3-14-12-11(5-9(13)6-15-12)21(18,19)16-7-10-4-8(2)20-17-10/h4-6,16H,3,7H2,1-2H3,(H,14,15). The van der Waals surface area contributed by atoms with Crippen molar-refractivity contribution in [3.63, 3.8) is 0 Å². The maximum absolute atomic E-state index is 12.4. The lowest BCUT2D eigenvalue weighted by molar-refractivity contribution is 0.390. The van der Waals surface area contributed by atoms with Gasteiger partial charge in [-0.05, 0) is 35.8 Å². The summed E-state index contributed by atoms with van der Waals surface area (Å²) in [5.74, 6) is 0.936. The smallest absolute Gasteiger partial charge is 0.244 e. The minimum Gasteiger partial charge on any atom is -0.369 e. The molecular weight excluding hydrogens is 360 g/mol. The molecule has 9 heteroatoms. The first-order valence-corrected chi connectivity index (χ1v) is 8.51. The van der Waals surface area contributed by atoms with Gasteiger partial charge in [0.05, 0.1) is 12.2 Å². The van der Waals surface area contributed by atoms with E-state index in [2.05, 4.69) is 36.1 Å². The zero-order valence-electron chi connectivity index (χ0n) is 11.6. The van der Waals surface area contributed by atoms with Crippen molar-refractivity contribution in [2.24, 2.45) is 0 Å². The van der Waals surface area contributed by atoms with Gasteiger partial charge in [0.15, 0.2) is 0 Å². The van der Waals surface area contributed by atoms with Gasteiger partial charge in [0.2, 0.25) is 10.0 Å². The van der Waals surface area contributed by atoms with Crippen molar-refractivity contribution in [3.05, 3.63) is 34.3 Å². The van der Waals surface area contributed by atoms with Crippen LogP contribution in [0.2, 0.25) is 0 Å². The Labute approximate surface area is 131 Å². The first kappa shape index (κ1) is 15.9. The number of nitrogens with zero attached hydrogens (tertiary/aromatic N) is 2. The van der Waals surface area contributed by atoms with Crippen molar-refractivity contribution in [2.75, 3.05) is 11.9 Å². The minimum absolute atomic E-state index is 0.0533. The summed E-state index contributed by atoms with van der Waals surface area (Å²) in [7, 11) is -3.71. The summed E-state index contributed by atoms with van der Waals surface area (Å²) < 4.78 is 32.7. The van der Waals surface area contributed by atoms with Gasteiger partial charge in [0, 0.05) is 23.3 Å². The van der Waals surface area contributed by atoms with E-state index in [0.29, 0.717) is 28.3 Å². The van der Waals surface area contributed by atoms with Gasteiger partial charge in [-0.3, -0.25) is 0 Å². The molecule has 0 aromatic carbocycles. The Kier molecular flexibility index (Phi) is 4.96. The van der Waals surface area contributed by atoms with Gasteiger partial charge in [-0.15, -0.1) is 0 Å². The number of rotatable bonds is 6. The second-order valence-electron chi connectivity index (χ2n) is 4.28. The topological polar surface area (TPSA) is 97.1 Å². The predicted octanol–water partition coefficient (Wildman–Crippen LogP) is 2.05. The molecule has 0 atom stereocenters. The second-order valence-corrected chi connectivity index (χ2v) is 6.94. The molecule has 0 aliphatic rings. The van der Waals surface area contributed by atoms with E-state index in [1.807, 2.05) is 6.92 Å². The summed E-state index contributed by atoms with van der Waals surface area (Å²) in [6.45, 7) is 4.23. The molecule has 2 rings (SSSR count). The van der Waals surface area contributed by atoms with Crippen LogP contribution in [0.25, 0.3) is 0 Å². The van der Waals surface area contributed by atoms with Crippen molar-refractivity contribution in [1.82, 2.24) is 14.9 Å². The fourth-order valence-electron chi connectivity index (χ4n) is 1.67. The van der Waals surface area contributed by atoms with Crippen LogP contribution in [-0.2, 0) is 16.6 Å². The molecule has 0 saturated heterocycles. The predicted molar refractivity (Wildman–Crippen MR) is 81.4 cm³/mol. The number of halogens is 1. The van der Waals surface area contributed by atoms with Crippen LogP contribution in [0, 0.1) is 6.92 Å².